The molecule has 1 amide bonds. The first-order valence-electron chi connectivity index (χ1n) is 9.72. The second kappa shape index (κ2) is 7.69. The zero-order valence-corrected chi connectivity index (χ0v) is 15.6. The van der Waals surface area contributed by atoms with E-state index in [9.17, 15) is 9.59 Å². The number of amides is 1. The Bertz CT molecular complexity index is 895. The third-order valence-electron chi connectivity index (χ3n) is 5.70. The molecule has 2 aromatic rings. The zero-order chi connectivity index (χ0) is 18.8. The van der Waals surface area contributed by atoms with E-state index in [4.69, 9.17) is 9.15 Å². The molecule has 1 aromatic carbocycles. The van der Waals surface area contributed by atoms with Gasteiger partial charge in [-0.05, 0) is 61.8 Å². The van der Waals surface area contributed by atoms with Crippen molar-refractivity contribution in [3.05, 3.63) is 68.8 Å². The Labute approximate surface area is 158 Å². The molecule has 0 bridgehead atoms. The molecule has 0 spiro atoms. The third-order valence-corrected chi connectivity index (χ3v) is 5.70. The molecule has 1 fully saturated rings. The molecule has 1 unspecified atom stereocenters. The maximum Gasteiger partial charge on any atom is 0.349 e. The predicted molar refractivity (Wildman–Crippen MR) is 102 cm³/mol. The second-order valence-electron chi connectivity index (χ2n) is 7.56. The summed E-state index contributed by atoms with van der Waals surface area (Å²) >= 11 is 0. The molecular weight excluding hydrogens is 342 g/mol. The Kier molecular flexibility index (Phi) is 5.12. The van der Waals surface area contributed by atoms with Crippen LogP contribution >= 0.6 is 0 Å². The van der Waals surface area contributed by atoms with Crippen LogP contribution in [0.3, 0.4) is 0 Å². The third kappa shape index (κ3) is 3.83. The highest BCUT2D eigenvalue weighted by molar-refractivity contribution is 5.95. The smallest absolute Gasteiger partial charge is 0.349 e. The molecule has 0 radical (unpaired) electrons. The number of aryl methyl sites for hydroxylation is 2. The van der Waals surface area contributed by atoms with Crippen molar-refractivity contribution in [2.45, 2.75) is 51.0 Å². The van der Waals surface area contributed by atoms with Gasteiger partial charge in [0, 0.05) is 25.2 Å². The largest absolute Gasteiger partial charge is 0.427 e. The van der Waals surface area contributed by atoms with E-state index in [-0.39, 0.29) is 23.4 Å². The van der Waals surface area contributed by atoms with E-state index in [1.54, 1.807) is 0 Å². The Hall–Kier alpha value is -2.40. The molecule has 1 aliphatic heterocycles. The fourth-order valence-corrected chi connectivity index (χ4v) is 4.17. The standard InChI is InChI=1S/C22H25NO4/c1-14-12-19(16-8-10-26-11-9-16)27-22(25)20(14)21(24)23-18-7-6-15-4-2-3-5-17(15)13-18/h2-5,12,16,18H,6-11,13H2,1H3,(H,23,24). The summed E-state index contributed by atoms with van der Waals surface area (Å²) in [6.45, 7) is 3.17. The number of nitrogens with one attached hydrogen (secondary N) is 1. The van der Waals surface area contributed by atoms with Crippen LogP contribution in [0.4, 0.5) is 0 Å². The van der Waals surface area contributed by atoms with Crippen molar-refractivity contribution in [2.24, 2.45) is 0 Å². The molecule has 1 aromatic heterocycles. The molecule has 2 heterocycles. The van der Waals surface area contributed by atoms with Crippen molar-refractivity contribution in [1.82, 2.24) is 5.32 Å². The molecule has 4 rings (SSSR count). The van der Waals surface area contributed by atoms with Crippen LogP contribution in [0.5, 0.6) is 0 Å². The van der Waals surface area contributed by atoms with E-state index in [0.717, 1.165) is 32.1 Å². The Balaban J connectivity index is 1.50. The van der Waals surface area contributed by atoms with Gasteiger partial charge >= 0.3 is 5.63 Å². The lowest BCUT2D eigenvalue weighted by molar-refractivity contribution is 0.0795. The van der Waals surface area contributed by atoms with Gasteiger partial charge in [0.15, 0.2) is 0 Å². The summed E-state index contributed by atoms with van der Waals surface area (Å²) in [4.78, 5) is 25.3. The van der Waals surface area contributed by atoms with Gasteiger partial charge < -0.3 is 14.5 Å². The molecular formula is C22H25NO4. The topological polar surface area (TPSA) is 68.5 Å². The number of hydrogen-bond donors (Lipinski definition) is 1. The summed E-state index contributed by atoms with van der Waals surface area (Å²) in [7, 11) is 0. The van der Waals surface area contributed by atoms with Gasteiger partial charge in [-0.25, -0.2) is 4.79 Å². The number of rotatable bonds is 3. The van der Waals surface area contributed by atoms with Crippen LogP contribution in [-0.4, -0.2) is 25.2 Å². The highest BCUT2D eigenvalue weighted by Crippen LogP contribution is 2.27. The summed E-state index contributed by atoms with van der Waals surface area (Å²) in [6.07, 6.45) is 4.31. The predicted octanol–water partition coefficient (Wildman–Crippen LogP) is 3.13. The summed E-state index contributed by atoms with van der Waals surface area (Å²) in [5.74, 6) is 0.533. The van der Waals surface area contributed by atoms with E-state index in [0.29, 0.717) is 24.5 Å². The number of benzene rings is 1. The Morgan fingerprint density at radius 3 is 2.59 bits per heavy atom. The lowest BCUT2D eigenvalue weighted by atomic mass is 9.88. The summed E-state index contributed by atoms with van der Waals surface area (Å²) in [6, 6.07) is 10.2. The maximum atomic E-state index is 12.8. The Morgan fingerprint density at radius 1 is 1.11 bits per heavy atom. The van der Waals surface area contributed by atoms with E-state index < -0.39 is 5.63 Å². The quantitative estimate of drug-likeness (QED) is 0.905. The fraction of sp³-hybridized carbons (Fsp3) is 0.455. The number of hydrogen-bond acceptors (Lipinski definition) is 4. The minimum absolute atomic E-state index is 0.0429. The first kappa shape index (κ1) is 18.0. The maximum absolute atomic E-state index is 12.8. The van der Waals surface area contributed by atoms with Gasteiger partial charge in [0.2, 0.25) is 0 Å². The van der Waals surface area contributed by atoms with E-state index in [1.165, 1.54) is 11.1 Å². The van der Waals surface area contributed by atoms with Gasteiger partial charge in [0.25, 0.3) is 5.91 Å². The van der Waals surface area contributed by atoms with E-state index in [2.05, 4.69) is 17.4 Å². The van der Waals surface area contributed by atoms with Crippen LogP contribution in [0.15, 0.2) is 39.5 Å². The fourth-order valence-electron chi connectivity index (χ4n) is 4.17. The van der Waals surface area contributed by atoms with Crippen LogP contribution in [0, 0.1) is 6.92 Å². The lowest BCUT2D eigenvalue weighted by Crippen LogP contribution is -2.41. The molecule has 2 aliphatic rings. The normalized spacial score (nSPS) is 20.1. The summed E-state index contributed by atoms with van der Waals surface area (Å²) in [5, 5.41) is 3.04. The first-order chi connectivity index (χ1) is 13.1. The van der Waals surface area contributed by atoms with Crippen molar-refractivity contribution in [1.29, 1.82) is 0 Å². The van der Waals surface area contributed by atoms with Gasteiger partial charge in [0.1, 0.15) is 11.3 Å². The molecule has 1 saturated heterocycles. The van der Waals surface area contributed by atoms with E-state index >= 15 is 0 Å². The van der Waals surface area contributed by atoms with Crippen molar-refractivity contribution < 1.29 is 13.9 Å². The molecule has 1 atom stereocenters. The highest BCUT2D eigenvalue weighted by Gasteiger charge is 2.25. The number of carbonyl (C=O) groups is 1. The van der Waals surface area contributed by atoms with Crippen molar-refractivity contribution in [3.8, 4) is 0 Å². The van der Waals surface area contributed by atoms with Crippen molar-refractivity contribution in [2.75, 3.05) is 13.2 Å². The van der Waals surface area contributed by atoms with Gasteiger partial charge in [-0.15, -0.1) is 0 Å². The summed E-state index contributed by atoms with van der Waals surface area (Å²) < 4.78 is 10.9. The number of fused-ring (bicyclic) bond motifs is 1. The van der Waals surface area contributed by atoms with Crippen LogP contribution < -0.4 is 10.9 Å². The average molecular weight is 367 g/mol. The lowest BCUT2D eigenvalue weighted by Gasteiger charge is -2.25. The Morgan fingerprint density at radius 2 is 1.85 bits per heavy atom. The minimum Gasteiger partial charge on any atom is -0.427 e. The zero-order valence-electron chi connectivity index (χ0n) is 15.6. The SMILES string of the molecule is Cc1cc(C2CCOCC2)oc(=O)c1C(=O)NC1CCc2ccccc2C1. The van der Waals surface area contributed by atoms with E-state index in [1.807, 2.05) is 25.1 Å². The molecule has 27 heavy (non-hydrogen) atoms. The van der Waals surface area contributed by atoms with Gasteiger partial charge in [0.05, 0.1) is 0 Å². The van der Waals surface area contributed by atoms with Crippen molar-refractivity contribution >= 4 is 5.91 Å². The van der Waals surface area contributed by atoms with Crippen molar-refractivity contribution in [3.63, 3.8) is 0 Å². The molecule has 1 aliphatic carbocycles. The highest BCUT2D eigenvalue weighted by atomic mass is 16.5. The average Bonchev–Trinajstić information content (AvgIpc) is 2.68. The second-order valence-corrected chi connectivity index (χ2v) is 7.56. The molecule has 5 heteroatoms. The monoisotopic (exact) mass is 367 g/mol. The first-order valence-corrected chi connectivity index (χ1v) is 9.72. The molecule has 1 N–H and O–H groups in total. The molecule has 5 nitrogen and oxygen atoms in total. The van der Waals surface area contributed by atoms with Gasteiger partial charge in [-0.3, -0.25) is 4.79 Å². The summed E-state index contributed by atoms with van der Waals surface area (Å²) in [5.41, 5.74) is 2.89. The van der Waals surface area contributed by atoms with Gasteiger partial charge in [-0.2, -0.15) is 0 Å². The molecule has 0 saturated carbocycles. The van der Waals surface area contributed by atoms with Gasteiger partial charge in [-0.1, -0.05) is 24.3 Å². The molecule has 142 valence electrons. The van der Waals surface area contributed by atoms with Crippen LogP contribution in [0.25, 0.3) is 0 Å². The minimum atomic E-state index is -0.537. The number of carbonyl (C=O) groups excluding carboxylic acids is 1. The number of ether oxygens (including phenoxy) is 1. The van der Waals surface area contributed by atoms with Crippen LogP contribution in [0.2, 0.25) is 0 Å². The van der Waals surface area contributed by atoms with Crippen LogP contribution in [0.1, 0.15) is 58.0 Å². The van der Waals surface area contributed by atoms with Crippen LogP contribution in [-0.2, 0) is 17.6 Å².